The summed E-state index contributed by atoms with van der Waals surface area (Å²) >= 11 is 1.38. The van der Waals surface area contributed by atoms with Crippen LogP contribution in [0.5, 0.6) is 0 Å². The van der Waals surface area contributed by atoms with Crippen molar-refractivity contribution < 1.29 is 4.79 Å². The number of piperidine rings is 1. The maximum absolute atomic E-state index is 12.1. The van der Waals surface area contributed by atoms with Crippen molar-refractivity contribution in [1.82, 2.24) is 24.9 Å². The highest BCUT2D eigenvalue weighted by Gasteiger charge is 2.21. The number of likely N-dealkylation sites (N-methyl/N-ethyl adjacent to an activating group) is 2. The lowest BCUT2D eigenvalue weighted by atomic mass is 10.0. The van der Waals surface area contributed by atoms with E-state index in [1.54, 1.807) is 4.90 Å². The number of aryl methyl sites for hydroxylation is 1. The van der Waals surface area contributed by atoms with Crippen LogP contribution in [0.4, 0.5) is 9.93 Å². The van der Waals surface area contributed by atoms with E-state index in [2.05, 4.69) is 39.4 Å². The summed E-state index contributed by atoms with van der Waals surface area (Å²) in [6.07, 6.45) is 2.40. The molecule has 1 saturated heterocycles. The molecular weight excluding hydrogens is 300 g/mol. The molecule has 1 aliphatic heterocycles. The lowest BCUT2D eigenvalue weighted by molar-refractivity contribution is 0.136. The van der Waals surface area contributed by atoms with Gasteiger partial charge in [-0.25, -0.2) is 4.79 Å². The second kappa shape index (κ2) is 7.85. The van der Waals surface area contributed by atoms with Gasteiger partial charge in [0, 0.05) is 26.2 Å². The summed E-state index contributed by atoms with van der Waals surface area (Å²) in [5.74, 6) is 0. The van der Waals surface area contributed by atoms with Gasteiger partial charge in [0.1, 0.15) is 5.01 Å². The molecule has 0 aliphatic carbocycles. The Labute approximate surface area is 136 Å². The molecule has 0 saturated carbocycles. The van der Waals surface area contributed by atoms with Gasteiger partial charge in [0.05, 0.1) is 0 Å². The molecule has 0 atom stereocenters. The van der Waals surface area contributed by atoms with Gasteiger partial charge in [-0.1, -0.05) is 11.3 Å². The second-order valence-electron chi connectivity index (χ2n) is 5.99. The Morgan fingerprint density at radius 3 is 2.59 bits per heavy atom. The molecule has 2 rings (SSSR count). The lowest BCUT2D eigenvalue weighted by Crippen LogP contribution is -2.45. The number of nitrogens with zero attached hydrogens (tertiary/aromatic N) is 5. The molecule has 1 fully saturated rings. The topological polar surface area (TPSA) is 64.6 Å². The van der Waals surface area contributed by atoms with E-state index in [4.69, 9.17) is 0 Å². The van der Waals surface area contributed by atoms with Gasteiger partial charge in [-0.3, -0.25) is 5.32 Å². The van der Waals surface area contributed by atoms with Gasteiger partial charge in [0.15, 0.2) is 0 Å². The van der Waals surface area contributed by atoms with Crippen LogP contribution in [-0.2, 0) is 0 Å². The van der Waals surface area contributed by atoms with Crippen molar-refractivity contribution in [3.63, 3.8) is 0 Å². The van der Waals surface area contributed by atoms with Crippen LogP contribution in [0.15, 0.2) is 0 Å². The van der Waals surface area contributed by atoms with Crippen molar-refractivity contribution in [2.45, 2.75) is 25.8 Å². The third kappa shape index (κ3) is 4.89. The van der Waals surface area contributed by atoms with E-state index < -0.39 is 0 Å². The maximum atomic E-state index is 12.1. The van der Waals surface area contributed by atoms with E-state index in [0.717, 1.165) is 24.6 Å². The van der Waals surface area contributed by atoms with E-state index in [0.29, 0.717) is 17.7 Å². The normalized spacial score (nSPS) is 17.0. The Morgan fingerprint density at radius 2 is 2.00 bits per heavy atom. The highest BCUT2D eigenvalue weighted by Crippen LogP contribution is 2.15. The first-order valence-corrected chi connectivity index (χ1v) is 8.48. The molecule has 0 unspecified atom stereocenters. The van der Waals surface area contributed by atoms with Crippen LogP contribution >= 0.6 is 11.3 Å². The lowest BCUT2D eigenvalue weighted by Gasteiger charge is -2.35. The van der Waals surface area contributed by atoms with Crippen LogP contribution in [0.2, 0.25) is 0 Å². The molecule has 1 aromatic rings. The summed E-state index contributed by atoms with van der Waals surface area (Å²) in [4.78, 5) is 18.5. The predicted molar refractivity (Wildman–Crippen MR) is 89.4 cm³/mol. The highest BCUT2D eigenvalue weighted by molar-refractivity contribution is 7.15. The third-order valence-electron chi connectivity index (χ3n) is 4.19. The molecule has 22 heavy (non-hydrogen) atoms. The first kappa shape index (κ1) is 17.1. The molecule has 0 spiro atoms. The van der Waals surface area contributed by atoms with Crippen LogP contribution < -0.4 is 5.32 Å². The standard InChI is InChI=1S/C14H26N6OS/c1-11-16-17-13(22-11)15-14(21)20(4)10-9-19(3)12-5-7-18(2)8-6-12/h12H,5-10H2,1-4H3,(H,15,17,21). The number of rotatable bonds is 5. The number of nitrogens with one attached hydrogen (secondary N) is 1. The molecule has 0 bridgehead atoms. The van der Waals surface area contributed by atoms with Crippen molar-refractivity contribution in [1.29, 1.82) is 0 Å². The van der Waals surface area contributed by atoms with Gasteiger partial charge in [0.2, 0.25) is 5.13 Å². The monoisotopic (exact) mass is 326 g/mol. The van der Waals surface area contributed by atoms with E-state index in [9.17, 15) is 4.79 Å². The van der Waals surface area contributed by atoms with Gasteiger partial charge in [0.25, 0.3) is 0 Å². The van der Waals surface area contributed by atoms with E-state index in [1.165, 1.54) is 24.2 Å². The minimum atomic E-state index is -0.132. The molecule has 0 radical (unpaired) electrons. The third-order valence-corrected chi connectivity index (χ3v) is 4.94. The summed E-state index contributed by atoms with van der Waals surface area (Å²) < 4.78 is 0. The quantitative estimate of drug-likeness (QED) is 0.884. The van der Waals surface area contributed by atoms with Gasteiger partial charge in [-0.2, -0.15) is 0 Å². The van der Waals surface area contributed by atoms with Crippen molar-refractivity contribution >= 4 is 22.5 Å². The molecule has 2 heterocycles. The largest absolute Gasteiger partial charge is 0.326 e. The highest BCUT2D eigenvalue weighted by atomic mass is 32.1. The summed E-state index contributed by atoms with van der Waals surface area (Å²) in [7, 11) is 6.13. The summed E-state index contributed by atoms with van der Waals surface area (Å²) in [6, 6.07) is 0.492. The smallest absolute Gasteiger partial charge is 0.323 e. The number of hydrogen-bond acceptors (Lipinski definition) is 6. The minimum Gasteiger partial charge on any atom is -0.326 e. The van der Waals surface area contributed by atoms with Gasteiger partial charge >= 0.3 is 6.03 Å². The fraction of sp³-hybridized carbons (Fsp3) is 0.786. The van der Waals surface area contributed by atoms with Crippen molar-refractivity contribution in [2.24, 2.45) is 0 Å². The molecule has 1 aromatic heterocycles. The average Bonchev–Trinajstić information content (AvgIpc) is 2.90. The zero-order valence-corrected chi connectivity index (χ0v) is 14.7. The predicted octanol–water partition coefficient (Wildman–Crippen LogP) is 1.34. The van der Waals surface area contributed by atoms with Crippen LogP contribution in [0, 0.1) is 6.92 Å². The number of carbonyl (C=O) groups excluding carboxylic acids is 1. The number of carbonyl (C=O) groups is 1. The van der Waals surface area contributed by atoms with E-state index in [1.807, 2.05) is 14.0 Å². The Hall–Kier alpha value is -1.25. The molecule has 1 aliphatic rings. The second-order valence-corrected chi connectivity index (χ2v) is 7.17. The molecule has 124 valence electrons. The number of urea groups is 1. The number of aromatic nitrogens is 2. The molecular formula is C14H26N6OS. The van der Waals surface area contributed by atoms with Crippen LogP contribution in [0.1, 0.15) is 17.8 Å². The van der Waals surface area contributed by atoms with Crippen molar-refractivity contribution in [3.8, 4) is 0 Å². The molecule has 1 N–H and O–H groups in total. The van der Waals surface area contributed by atoms with Gasteiger partial charge < -0.3 is 14.7 Å². The fourth-order valence-electron chi connectivity index (χ4n) is 2.56. The Morgan fingerprint density at radius 1 is 1.32 bits per heavy atom. The van der Waals surface area contributed by atoms with E-state index >= 15 is 0 Å². The van der Waals surface area contributed by atoms with Crippen molar-refractivity contribution in [3.05, 3.63) is 5.01 Å². The molecule has 7 nitrogen and oxygen atoms in total. The van der Waals surface area contributed by atoms with Gasteiger partial charge in [-0.05, 0) is 47.0 Å². The number of anilines is 1. The molecule has 0 aromatic carbocycles. The average molecular weight is 326 g/mol. The molecule has 8 heteroatoms. The first-order valence-electron chi connectivity index (χ1n) is 7.66. The van der Waals surface area contributed by atoms with E-state index in [-0.39, 0.29) is 6.03 Å². The Bertz CT molecular complexity index is 485. The first-order chi connectivity index (χ1) is 10.5. The van der Waals surface area contributed by atoms with Crippen LogP contribution in [0.3, 0.4) is 0 Å². The Kier molecular flexibility index (Phi) is 6.10. The Balaban J connectivity index is 1.72. The number of amides is 2. The zero-order valence-electron chi connectivity index (χ0n) is 13.9. The van der Waals surface area contributed by atoms with Gasteiger partial charge in [-0.15, -0.1) is 10.2 Å². The SMILES string of the molecule is Cc1nnc(NC(=O)N(C)CCN(C)C2CCN(C)CC2)s1. The van der Waals surface area contributed by atoms with Crippen molar-refractivity contribution in [2.75, 3.05) is 52.6 Å². The minimum absolute atomic E-state index is 0.132. The summed E-state index contributed by atoms with van der Waals surface area (Å²) in [5, 5.41) is 12.0. The van der Waals surface area contributed by atoms with Crippen LogP contribution in [-0.4, -0.2) is 84.3 Å². The number of hydrogen-bond donors (Lipinski definition) is 1. The fourth-order valence-corrected chi connectivity index (χ4v) is 3.14. The maximum Gasteiger partial charge on any atom is 0.323 e. The summed E-state index contributed by atoms with van der Waals surface area (Å²) in [5.41, 5.74) is 0. The zero-order chi connectivity index (χ0) is 16.1. The summed E-state index contributed by atoms with van der Waals surface area (Å²) in [6.45, 7) is 5.76. The number of likely N-dealkylation sites (tertiary alicyclic amines) is 1. The van der Waals surface area contributed by atoms with Crippen LogP contribution in [0.25, 0.3) is 0 Å². The molecule has 2 amide bonds.